The highest BCUT2D eigenvalue weighted by Crippen LogP contribution is 2.32. The van der Waals surface area contributed by atoms with E-state index in [0.29, 0.717) is 29.3 Å². The normalized spacial score (nSPS) is 16.4. The molecule has 6 nitrogen and oxygen atoms in total. The van der Waals surface area contributed by atoms with Gasteiger partial charge in [0.25, 0.3) is 0 Å². The average Bonchev–Trinajstić information content (AvgIpc) is 3.43. The first-order valence-corrected chi connectivity index (χ1v) is 7.82. The highest BCUT2D eigenvalue weighted by atomic mass is 16.3. The molecule has 0 aliphatic carbocycles. The molecule has 4 rings (SSSR count). The first kappa shape index (κ1) is 15.7. The molecule has 0 radical (unpaired) electrons. The van der Waals surface area contributed by atoms with Gasteiger partial charge in [-0.25, -0.2) is 0 Å². The van der Waals surface area contributed by atoms with Gasteiger partial charge in [-0.15, -0.1) is 0 Å². The van der Waals surface area contributed by atoms with E-state index in [4.69, 9.17) is 13.3 Å². The van der Waals surface area contributed by atoms with Crippen LogP contribution in [0.1, 0.15) is 17.3 Å². The monoisotopic (exact) mass is 347 g/mol. The number of furan rings is 3. The minimum atomic E-state index is -0.335. The van der Waals surface area contributed by atoms with Crippen molar-refractivity contribution in [3.63, 3.8) is 0 Å². The van der Waals surface area contributed by atoms with E-state index in [-0.39, 0.29) is 22.6 Å². The zero-order chi connectivity index (χ0) is 17.9. The summed E-state index contributed by atoms with van der Waals surface area (Å²) < 4.78 is 15.9. The number of carbonyl (C=O) groups excluding carboxylic acids is 2. The van der Waals surface area contributed by atoms with Crippen LogP contribution in [0.3, 0.4) is 0 Å². The molecule has 0 unspecified atom stereocenters. The van der Waals surface area contributed by atoms with Crippen molar-refractivity contribution in [2.75, 3.05) is 0 Å². The van der Waals surface area contributed by atoms with Gasteiger partial charge in [-0.05, 0) is 42.5 Å². The Kier molecular flexibility index (Phi) is 3.99. The maximum absolute atomic E-state index is 13.0. The SMILES string of the molecule is O=C/C(=C/c1ccco1)C1=C(c2ccco2)N/C(=C/c2ccco2)C1=O. The maximum atomic E-state index is 13.0. The Labute approximate surface area is 148 Å². The van der Waals surface area contributed by atoms with Crippen molar-refractivity contribution >= 4 is 29.9 Å². The van der Waals surface area contributed by atoms with Gasteiger partial charge in [-0.3, -0.25) is 9.59 Å². The Bertz CT molecular complexity index is 1020. The predicted molar refractivity (Wildman–Crippen MR) is 93.2 cm³/mol. The van der Waals surface area contributed by atoms with Crippen molar-refractivity contribution in [2.45, 2.75) is 0 Å². The molecule has 3 aromatic rings. The molecule has 128 valence electrons. The zero-order valence-corrected chi connectivity index (χ0v) is 13.5. The van der Waals surface area contributed by atoms with E-state index >= 15 is 0 Å². The van der Waals surface area contributed by atoms with Crippen LogP contribution in [0.4, 0.5) is 0 Å². The lowest BCUT2D eigenvalue weighted by Crippen LogP contribution is -2.09. The van der Waals surface area contributed by atoms with Crippen molar-refractivity contribution in [3.8, 4) is 0 Å². The van der Waals surface area contributed by atoms with Gasteiger partial charge in [0.15, 0.2) is 12.0 Å². The van der Waals surface area contributed by atoms with Crippen LogP contribution in [0, 0.1) is 0 Å². The Morgan fingerprint density at radius 1 is 0.923 bits per heavy atom. The number of hydrogen-bond donors (Lipinski definition) is 1. The third kappa shape index (κ3) is 2.84. The van der Waals surface area contributed by atoms with Gasteiger partial charge in [-0.2, -0.15) is 0 Å². The Morgan fingerprint density at radius 2 is 1.62 bits per heavy atom. The number of nitrogens with one attached hydrogen (secondary N) is 1. The number of Topliss-reactive ketones (excluding diaryl/α,β-unsaturated/α-hetero) is 1. The molecule has 0 amide bonds. The molecular weight excluding hydrogens is 334 g/mol. The molecule has 0 bridgehead atoms. The van der Waals surface area contributed by atoms with Crippen LogP contribution in [0.5, 0.6) is 0 Å². The van der Waals surface area contributed by atoms with Crippen molar-refractivity contribution in [1.29, 1.82) is 0 Å². The second-order valence-electron chi connectivity index (χ2n) is 5.49. The fraction of sp³-hybridized carbons (Fsp3) is 0. The summed E-state index contributed by atoms with van der Waals surface area (Å²) in [4.78, 5) is 24.7. The number of hydrogen-bond acceptors (Lipinski definition) is 6. The summed E-state index contributed by atoms with van der Waals surface area (Å²) in [6, 6.07) is 10.3. The summed E-state index contributed by atoms with van der Waals surface area (Å²) in [6.07, 6.45) is 8.22. The van der Waals surface area contributed by atoms with E-state index in [2.05, 4.69) is 5.32 Å². The van der Waals surface area contributed by atoms with E-state index in [1.54, 1.807) is 42.5 Å². The fourth-order valence-electron chi connectivity index (χ4n) is 2.69. The predicted octanol–water partition coefficient (Wildman–Crippen LogP) is 3.67. The van der Waals surface area contributed by atoms with E-state index in [9.17, 15) is 9.59 Å². The van der Waals surface area contributed by atoms with Crippen molar-refractivity contribution in [2.24, 2.45) is 0 Å². The lowest BCUT2D eigenvalue weighted by molar-refractivity contribution is -0.112. The minimum absolute atomic E-state index is 0.187. The summed E-state index contributed by atoms with van der Waals surface area (Å²) in [7, 11) is 0. The Morgan fingerprint density at radius 3 is 2.23 bits per heavy atom. The van der Waals surface area contributed by atoms with E-state index < -0.39 is 0 Å². The molecule has 0 saturated heterocycles. The summed E-state index contributed by atoms with van der Waals surface area (Å²) >= 11 is 0. The summed E-state index contributed by atoms with van der Waals surface area (Å²) in [5.74, 6) is 1.10. The van der Waals surface area contributed by atoms with E-state index in [0.717, 1.165) is 0 Å². The highest BCUT2D eigenvalue weighted by molar-refractivity contribution is 6.25. The molecule has 0 aromatic carbocycles. The molecule has 26 heavy (non-hydrogen) atoms. The molecule has 0 spiro atoms. The summed E-state index contributed by atoms with van der Waals surface area (Å²) in [6.45, 7) is 0. The molecule has 3 aromatic heterocycles. The first-order valence-electron chi connectivity index (χ1n) is 7.82. The average molecular weight is 347 g/mol. The fourth-order valence-corrected chi connectivity index (χ4v) is 2.69. The number of allylic oxidation sites excluding steroid dienone is 2. The van der Waals surface area contributed by atoms with Gasteiger partial charge < -0.3 is 18.6 Å². The van der Waals surface area contributed by atoms with Crippen molar-refractivity contribution in [1.82, 2.24) is 5.32 Å². The maximum Gasteiger partial charge on any atom is 0.212 e. The minimum Gasteiger partial charge on any atom is -0.465 e. The van der Waals surface area contributed by atoms with E-state index in [1.807, 2.05) is 0 Å². The first-order chi connectivity index (χ1) is 12.8. The smallest absolute Gasteiger partial charge is 0.212 e. The van der Waals surface area contributed by atoms with Crippen LogP contribution in [0.15, 0.2) is 85.3 Å². The van der Waals surface area contributed by atoms with Gasteiger partial charge in [0, 0.05) is 11.6 Å². The number of carbonyl (C=O) groups is 2. The van der Waals surface area contributed by atoms with Crippen LogP contribution in [0.2, 0.25) is 0 Å². The molecular formula is C20H13NO5. The Hall–Kier alpha value is -3.80. The van der Waals surface area contributed by atoms with Crippen LogP contribution < -0.4 is 5.32 Å². The van der Waals surface area contributed by atoms with Gasteiger partial charge in [-0.1, -0.05) is 0 Å². The zero-order valence-electron chi connectivity index (χ0n) is 13.5. The standard InChI is InChI=1S/C20H13NO5/c22-12-13(10-14-4-1-7-24-14)18-19(17-6-3-9-26-17)21-16(20(18)23)11-15-5-2-8-25-15/h1-12,21H/b13-10-,16-11+. The second kappa shape index (κ2) is 6.60. The lowest BCUT2D eigenvalue weighted by Gasteiger charge is -2.02. The van der Waals surface area contributed by atoms with Crippen LogP contribution in [0.25, 0.3) is 17.8 Å². The molecule has 0 atom stereocenters. The molecule has 4 heterocycles. The van der Waals surface area contributed by atoms with Gasteiger partial charge in [0.2, 0.25) is 5.78 Å². The van der Waals surface area contributed by atoms with Crippen molar-refractivity contribution < 1.29 is 22.8 Å². The summed E-state index contributed by atoms with van der Waals surface area (Å²) in [5.41, 5.74) is 1.10. The molecule has 1 aliphatic heterocycles. The summed E-state index contributed by atoms with van der Waals surface area (Å²) in [5, 5.41) is 3.03. The molecule has 1 aliphatic rings. The van der Waals surface area contributed by atoms with Crippen LogP contribution >= 0.6 is 0 Å². The van der Waals surface area contributed by atoms with Crippen LogP contribution in [-0.4, -0.2) is 12.1 Å². The number of ketones is 1. The third-order valence-electron chi connectivity index (χ3n) is 3.84. The molecule has 0 fully saturated rings. The lowest BCUT2D eigenvalue weighted by atomic mass is 10.00. The van der Waals surface area contributed by atoms with Gasteiger partial charge in [0.1, 0.15) is 11.5 Å². The molecule has 0 saturated carbocycles. The topological polar surface area (TPSA) is 85.6 Å². The number of rotatable bonds is 5. The largest absolute Gasteiger partial charge is 0.465 e. The highest BCUT2D eigenvalue weighted by Gasteiger charge is 2.32. The van der Waals surface area contributed by atoms with Gasteiger partial charge >= 0.3 is 0 Å². The van der Waals surface area contributed by atoms with Gasteiger partial charge in [0.05, 0.1) is 35.8 Å². The quantitative estimate of drug-likeness (QED) is 0.560. The second-order valence-corrected chi connectivity index (χ2v) is 5.49. The Balaban J connectivity index is 1.82. The molecule has 1 N–H and O–H groups in total. The van der Waals surface area contributed by atoms with Crippen LogP contribution in [-0.2, 0) is 9.59 Å². The molecule has 6 heteroatoms. The number of aldehydes is 1. The third-order valence-corrected chi connectivity index (χ3v) is 3.84. The van der Waals surface area contributed by atoms with E-state index in [1.165, 1.54) is 24.9 Å². The van der Waals surface area contributed by atoms with Crippen molar-refractivity contribution in [3.05, 3.63) is 89.3 Å².